The molecule has 3 nitrogen and oxygen atoms in total. The summed E-state index contributed by atoms with van der Waals surface area (Å²) in [7, 11) is 0. The highest BCUT2D eigenvalue weighted by Gasteiger charge is 2.06. The number of hydrogen-bond donors (Lipinski definition) is 1. The van der Waals surface area contributed by atoms with Crippen molar-refractivity contribution in [3.8, 4) is 5.75 Å². The van der Waals surface area contributed by atoms with Crippen LogP contribution in [0.5, 0.6) is 5.75 Å². The van der Waals surface area contributed by atoms with Crippen molar-refractivity contribution >= 4 is 11.3 Å². The molecule has 0 spiro atoms. The van der Waals surface area contributed by atoms with E-state index in [4.69, 9.17) is 9.84 Å². The highest BCUT2D eigenvalue weighted by Crippen LogP contribution is 2.24. The fraction of sp³-hybridized carbons (Fsp3) is 0.400. The van der Waals surface area contributed by atoms with E-state index < -0.39 is 0 Å². The highest BCUT2D eigenvalue weighted by molar-refractivity contribution is 7.09. The van der Waals surface area contributed by atoms with E-state index in [0.29, 0.717) is 6.61 Å². The standard InChI is InChI=1S/C15H19NO2S/c1-10-6-11(2)15(12(3)7-10)18-5-4-14-16-13(8-17)9-19-14/h6-7,9,17H,4-5,8H2,1-3H3. The quantitative estimate of drug-likeness (QED) is 0.912. The molecule has 19 heavy (non-hydrogen) atoms. The molecule has 0 aliphatic carbocycles. The predicted octanol–water partition coefficient (Wildman–Crippen LogP) is 3.18. The number of nitrogens with zero attached hydrogens (tertiary/aromatic N) is 1. The van der Waals surface area contributed by atoms with Crippen LogP contribution in [0.2, 0.25) is 0 Å². The lowest BCUT2D eigenvalue weighted by molar-refractivity contribution is 0.277. The molecule has 0 bridgehead atoms. The summed E-state index contributed by atoms with van der Waals surface area (Å²) in [5.74, 6) is 0.976. The second kappa shape index (κ2) is 6.17. The lowest BCUT2D eigenvalue weighted by Gasteiger charge is -2.12. The molecular weight excluding hydrogens is 258 g/mol. The van der Waals surface area contributed by atoms with Crippen molar-refractivity contribution in [3.63, 3.8) is 0 Å². The van der Waals surface area contributed by atoms with Crippen molar-refractivity contribution in [2.45, 2.75) is 33.8 Å². The van der Waals surface area contributed by atoms with Crippen LogP contribution < -0.4 is 4.74 Å². The summed E-state index contributed by atoms with van der Waals surface area (Å²) in [6.45, 7) is 6.86. The van der Waals surface area contributed by atoms with Gasteiger partial charge in [-0.3, -0.25) is 0 Å². The van der Waals surface area contributed by atoms with E-state index in [1.807, 2.05) is 5.38 Å². The number of aryl methyl sites for hydroxylation is 3. The Labute approximate surface area is 117 Å². The third kappa shape index (κ3) is 3.55. The number of hydrogen-bond acceptors (Lipinski definition) is 4. The highest BCUT2D eigenvalue weighted by atomic mass is 32.1. The Bertz CT molecular complexity index is 540. The fourth-order valence-corrected chi connectivity index (χ4v) is 2.94. The molecule has 0 radical (unpaired) electrons. The molecule has 1 aromatic heterocycles. The number of benzene rings is 1. The Balaban J connectivity index is 1.96. The van der Waals surface area contributed by atoms with Crippen molar-refractivity contribution in [1.82, 2.24) is 4.98 Å². The van der Waals surface area contributed by atoms with Crippen LogP contribution >= 0.6 is 11.3 Å². The number of rotatable bonds is 5. The molecule has 2 rings (SSSR count). The summed E-state index contributed by atoms with van der Waals surface area (Å²) in [5, 5.41) is 11.9. The van der Waals surface area contributed by atoms with Crippen LogP contribution in [-0.2, 0) is 13.0 Å². The van der Waals surface area contributed by atoms with Crippen LogP contribution in [0.3, 0.4) is 0 Å². The molecule has 2 aromatic rings. The summed E-state index contributed by atoms with van der Waals surface area (Å²) in [4.78, 5) is 4.31. The first-order chi connectivity index (χ1) is 9.10. The van der Waals surface area contributed by atoms with Crippen molar-refractivity contribution < 1.29 is 9.84 Å². The topological polar surface area (TPSA) is 42.4 Å². The van der Waals surface area contributed by atoms with Crippen LogP contribution in [-0.4, -0.2) is 16.7 Å². The Kier molecular flexibility index (Phi) is 4.56. The van der Waals surface area contributed by atoms with Crippen molar-refractivity contribution in [1.29, 1.82) is 0 Å². The summed E-state index contributed by atoms with van der Waals surface area (Å²) < 4.78 is 5.87. The van der Waals surface area contributed by atoms with E-state index in [-0.39, 0.29) is 6.61 Å². The molecule has 1 aromatic carbocycles. The number of ether oxygens (including phenoxy) is 1. The van der Waals surface area contributed by atoms with Crippen LogP contribution in [0.4, 0.5) is 0 Å². The Morgan fingerprint density at radius 3 is 2.47 bits per heavy atom. The van der Waals surface area contributed by atoms with Gasteiger partial charge in [0.25, 0.3) is 0 Å². The second-order valence-electron chi connectivity index (χ2n) is 4.72. The molecule has 1 N–H and O–H groups in total. The molecule has 4 heteroatoms. The Morgan fingerprint density at radius 1 is 1.21 bits per heavy atom. The number of aliphatic hydroxyl groups is 1. The van der Waals surface area contributed by atoms with Crippen molar-refractivity contribution in [3.05, 3.63) is 44.9 Å². The molecular formula is C15H19NO2S. The normalized spacial score (nSPS) is 10.7. The number of aliphatic hydroxyl groups excluding tert-OH is 1. The minimum absolute atomic E-state index is 0.00748. The first-order valence-corrected chi connectivity index (χ1v) is 7.23. The molecule has 0 saturated carbocycles. The first kappa shape index (κ1) is 14.0. The van der Waals surface area contributed by atoms with Gasteiger partial charge < -0.3 is 9.84 Å². The average molecular weight is 277 g/mol. The fourth-order valence-electron chi connectivity index (χ4n) is 2.17. The maximum absolute atomic E-state index is 8.97. The zero-order chi connectivity index (χ0) is 13.8. The lowest BCUT2D eigenvalue weighted by atomic mass is 10.1. The van der Waals surface area contributed by atoms with Gasteiger partial charge in [0.05, 0.1) is 23.9 Å². The molecule has 0 amide bonds. The van der Waals surface area contributed by atoms with Gasteiger partial charge in [-0.25, -0.2) is 4.98 Å². The monoisotopic (exact) mass is 277 g/mol. The first-order valence-electron chi connectivity index (χ1n) is 6.35. The smallest absolute Gasteiger partial charge is 0.125 e. The van der Waals surface area contributed by atoms with E-state index in [1.54, 1.807) is 11.3 Å². The maximum atomic E-state index is 8.97. The van der Waals surface area contributed by atoms with Gasteiger partial charge in [0.2, 0.25) is 0 Å². The Hall–Kier alpha value is -1.39. The minimum atomic E-state index is 0.00748. The zero-order valence-electron chi connectivity index (χ0n) is 11.6. The Morgan fingerprint density at radius 2 is 1.89 bits per heavy atom. The van der Waals surface area contributed by atoms with E-state index >= 15 is 0 Å². The van der Waals surface area contributed by atoms with Gasteiger partial charge in [-0.1, -0.05) is 17.7 Å². The lowest BCUT2D eigenvalue weighted by Crippen LogP contribution is -2.04. The van der Waals surface area contributed by atoms with E-state index in [0.717, 1.165) is 22.9 Å². The van der Waals surface area contributed by atoms with Gasteiger partial charge >= 0.3 is 0 Å². The van der Waals surface area contributed by atoms with Crippen LogP contribution in [0.25, 0.3) is 0 Å². The minimum Gasteiger partial charge on any atom is -0.493 e. The van der Waals surface area contributed by atoms with Crippen molar-refractivity contribution in [2.75, 3.05) is 6.61 Å². The van der Waals surface area contributed by atoms with Gasteiger partial charge in [0.1, 0.15) is 5.75 Å². The molecule has 0 fully saturated rings. The van der Waals surface area contributed by atoms with E-state index in [9.17, 15) is 0 Å². The van der Waals surface area contributed by atoms with Gasteiger partial charge in [0, 0.05) is 11.8 Å². The van der Waals surface area contributed by atoms with E-state index in [2.05, 4.69) is 37.9 Å². The molecule has 0 atom stereocenters. The van der Waals surface area contributed by atoms with Crippen LogP contribution in [0.15, 0.2) is 17.5 Å². The van der Waals surface area contributed by atoms with Gasteiger partial charge in [0.15, 0.2) is 0 Å². The zero-order valence-corrected chi connectivity index (χ0v) is 12.4. The van der Waals surface area contributed by atoms with Crippen LogP contribution in [0.1, 0.15) is 27.4 Å². The van der Waals surface area contributed by atoms with Gasteiger partial charge in [-0.2, -0.15) is 0 Å². The molecule has 0 unspecified atom stereocenters. The van der Waals surface area contributed by atoms with Crippen molar-refractivity contribution in [2.24, 2.45) is 0 Å². The van der Waals surface area contributed by atoms with Gasteiger partial charge in [-0.15, -0.1) is 11.3 Å². The second-order valence-corrected chi connectivity index (χ2v) is 5.66. The molecule has 0 saturated heterocycles. The third-order valence-corrected chi connectivity index (χ3v) is 3.89. The average Bonchev–Trinajstić information content (AvgIpc) is 2.80. The molecule has 1 heterocycles. The molecule has 0 aliphatic heterocycles. The summed E-state index contributed by atoms with van der Waals surface area (Å²) in [6, 6.07) is 4.27. The van der Waals surface area contributed by atoms with Gasteiger partial charge in [-0.05, 0) is 31.9 Å². The summed E-state index contributed by atoms with van der Waals surface area (Å²) in [6.07, 6.45) is 0.775. The SMILES string of the molecule is Cc1cc(C)c(OCCc2nc(CO)cs2)c(C)c1. The largest absolute Gasteiger partial charge is 0.493 e. The summed E-state index contributed by atoms with van der Waals surface area (Å²) >= 11 is 1.57. The third-order valence-electron chi connectivity index (χ3n) is 2.93. The number of thiazole rings is 1. The number of aromatic nitrogens is 1. The molecule has 102 valence electrons. The summed E-state index contributed by atoms with van der Waals surface area (Å²) in [5.41, 5.74) is 4.35. The predicted molar refractivity (Wildman–Crippen MR) is 77.9 cm³/mol. The molecule has 0 aliphatic rings. The maximum Gasteiger partial charge on any atom is 0.125 e. The van der Waals surface area contributed by atoms with Crippen LogP contribution in [0, 0.1) is 20.8 Å². The van der Waals surface area contributed by atoms with E-state index in [1.165, 1.54) is 16.7 Å².